The summed E-state index contributed by atoms with van der Waals surface area (Å²) in [6.07, 6.45) is 3.14. The van der Waals surface area contributed by atoms with E-state index in [2.05, 4.69) is 0 Å². The van der Waals surface area contributed by atoms with E-state index in [-0.39, 0.29) is 24.6 Å². The molecule has 1 fully saturated rings. The van der Waals surface area contributed by atoms with Crippen molar-refractivity contribution in [1.29, 1.82) is 0 Å². The van der Waals surface area contributed by atoms with E-state index >= 15 is 0 Å². The Balaban J connectivity index is 1.93. The molecule has 2 atom stereocenters. The van der Waals surface area contributed by atoms with Crippen molar-refractivity contribution >= 4 is 11.9 Å². The second kappa shape index (κ2) is 8.11. The standard InChI is InChI=1S/C18H25NO4/c1-13-6-4-7-14(2)19(13)17(20)12-23-18(21)16-9-5-8-15(10-16)11-22-3/h5,8-10,13-14H,4,6-7,11-12H2,1-3H3. The molecule has 2 rings (SSSR count). The highest BCUT2D eigenvalue weighted by Gasteiger charge is 2.29. The van der Waals surface area contributed by atoms with Gasteiger partial charge in [0.05, 0.1) is 12.2 Å². The number of carbonyl (C=O) groups excluding carboxylic acids is 2. The van der Waals surface area contributed by atoms with Crippen LogP contribution in [0.15, 0.2) is 24.3 Å². The van der Waals surface area contributed by atoms with Crippen molar-refractivity contribution < 1.29 is 19.1 Å². The zero-order valence-corrected chi connectivity index (χ0v) is 14.1. The lowest BCUT2D eigenvalue weighted by atomic mass is 9.97. The van der Waals surface area contributed by atoms with E-state index in [1.165, 1.54) is 0 Å². The number of benzene rings is 1. The zero-order valence-electron chi connectivity index (χ0n) is 14.1. The van der Waals surface area contributed by atoms with Crippen LogP contribution in [0.1, 0.15) is 49.0 Å². The monoisotopic (exact) mass is 319 g/mol. The third-order valence-electron chi connectivity index (χ3n) is 4.28. The summed E-state index contributed by atoms with van der Waals surface area (Å²) in [5, 5.41) is 0. The van der Waals surface area contributed by atoms with Crippen LogP contribution in [-0.4, -0.2) is 42.6 Å². The van der Waals surface area contributed by atoms with Crippen LogP contribution in [0.25, 0.3) is 0 Å². The minimum atomic E-state index is -0.478. The van der Waals surface area contributed by atoms with Crippen LogP contribution in [0, 0.1) is 0 Å². The van der Waals surface area contributed by atoms with Crippen LogP contribution in [0.5, 0.6) is 0 Å². The van der Waals surface area contributed by atoms with Gasteiger partial charge in [-0.3, -0.25) is 4.79 Å². The first kappa shape index (κ1) is 17.5. The van der Waals surface area contributed by atoms with Gasteiger partial charge in [0.1, 0.15) is 0 Å². The number of ether oxygens (including phenoxy) is 2. The summed E-state index contributed by atoms with van der Waals surface area (Å²) in [5.74, 6) is -0.597. The quantitative estimate of drug-likeness (QED) is 0.783. The number of piperidine rings is 1. The largest absolute Gasteiger partial charge is 0.452 e. The van der Waals surface area contributed by atoms with Crippen molar-refractivity contribution in [3.05, 3.63) is 35.4 Å². The van der Waals surface area contributed by atoms with Gasteiger partial charge in [-0.15, -0.1) is 0 Å². The minimum absolute atomic E-state index is 0.119. The fourth-order valence-corrected chi connectivity index (χ4v) is 3.15. The van der Waals surface area contributed by atoms with Crippen molar-refractivity contribution in [2.45, 2.75) is 51.8 Å². The molecule has 1 aliphatic heterocycles. The smallest absolute Gasteiger partial charge is 0.338 e. The van der Waals surface area contributed by atoms with E-state index in [9.17, 15) is 9.59 Å². The van der Waals surface area contributed by atoms with Crippen LogP contribution in [0.3, 0.4) is 0 Å². The van der Waals surface area contributed by atoms with E-state index < -0.39 is 5.97 Å². The van der Waals surface area contributed by atoms with Gasteiger partial charge in [-0.2, -0.15) is 0 Å². The molecule has 5 heteroatoms. The number of hydrogen-bond donors (Lipinski definition) is 0. The highest BCUT2D eigenvalue weighted by atomic mass is 16.5. The van der Waals surface area contributed by atoms with E-state index in [1.54, 1.807) is 25.3 Å². The fourth-order valence-electron chi connectivity index (χ4n) is 3.15. The Hall–Kier alpha value is -1.88. The van der Waals surface area contributed by atoms with E-state index in [1.807, 2.05) is 24.8 Å². The molecule has 0 saturated carbocycles. The summed E-state index contributed by atoms with van der Waals surface area (Å²) in [6.45, 7) is 4.32. The molecule has 1 aliphatic rings. The first-order valence-corrected chi connectivity index (χ1v) is 8.09. The summed E-state index contributed by atoms with van der Waals surface area (Å²) < 4.78 is 10.3. The molecule has 1 aromatic carbocycles. The highest BCUT2D eigenvalue weighted by molar-refractivity contribution is 5.91. The number of esters is 1. The fraction of sp³-hybridized carbons (Fsp3) is 0.556. The Kier molecular flexibility index (Phi) is 6.16. The second-order valence-electron chi connectivity index (χ2n) is 6.14. The van der Waals surface area contributed by atoms with Gasteiger partial charge in [-0.1, -0.05) is 12.1 Å². The molecule has 0 N–H and O–H groups in total. The maximum absolute atomic E-state index is 12.4. The average molecular weight is 319 g/mol. The van der Waals surface area contributed by atoms with Crippen molar-refractivity contribution in [1.82, 2.24) is 4.90 Å². The lowest BCUT2D eigenvalue weighted by Crippen LogP contribution is -2.49. The minimum Gasteiger partial charge on any atom is -0.452 e. The molecule has 1 heterocycles. The van der Waals surface area contributed by atoms with Gasteiger partial charge >= 0.3 is 5.97 Å². The molecule has 126 valence electrons. The number of methoxy groups -OCH3 is 1. The second-order valence-corrected chi connectivity index (χ2v) is 6.14. The lowest BCUT2D eigenvalue weighted by molar-refractivity contribution is -0.140. The molecule has 1 amide bonds. The average Bonchev–Trinajstić information content (AvgIpc) is 2.53. The van der Waals surface area contributed by atoms with E-state index in [0.29, 0.717) is 12.2 Å². The summed E-state index contributed by atoms with van der Waals surface area (Å²) in [5.41, 5.74) is 1.33. The number of likely N-dealkylation sites (tertiary alicyclic amines) is 1. The predicted molar refractivity (Wildman–Crippen MR) is 87.1 cm³/mol. The maximum Gasteiger partial charge on any atom is 0.338 e. The Morgan fingerprint density at radius 1 is 1.22 bits per heavy atom. The first-order chi connectivity index (χ1) is 11.0. The van der Waals surface area contributed by atoms with Crippen LogP contribution in [0.2, 0.25) is 0 Å². The number of carbonyl (C=O) groups is 2. The Morgan fingerprint density at radius 2 is 1.91 bits per heavy atom. The molecule has 0 aliphatic carbocycles. The van der Waals surface area contributed by atoms with Gasteiger partial charge in [0.25, 0.3) is 5.91 Å². The molecule has 0 radical (unpaired) electrons. The molecule has 0 spiro atoms. The van der Waals surface area contributed by atoms with Crippen molar-refractivity contribution in [2.75, 3.05) is 13.7 Å². The van der Waals surface area contributed by atoms with Gasteiger partial charge in [0.2, 0.25) is 0 Å². The summed E-state index contributed by atoms with van der Waals surface area (Å²) in [6, 6.07) is 7.47. The predicted octanol–water partition coefficient (Wildman–Crippen LogP) is 2.78. The Bertz CT molecular complexity index is 548. The number of nitrogens with zero attached hydrogens (tertiary/aromatic N) is 1. The maximum atomic E-state index is 12.4. The normalized spacial score (nSPS) is 21.1. The molecular formula is C18H25NO4. The summed E-state index contributed by atoms with van der Waals surface area (Å²) in [4.78, 5) is 26.3. The van der Waals surface area contributed by atoms with Crippen molar-refractivity contribution in [2.24, 2.45) is 0 Å². The summed E-state index contributed by atoms with van der Waals surface area (Å²) in [7, 11) is 1.60. The third-order valence-corrected chi connectivity index (χ3v) is 4.28. The molecule has 1 aromatic rings. The number of rotatable bonds is 5. The van der Waals surface area contributed by atoms with Crippen LogP contribution in [-0.2, 0) is 20.9 Å². The van der Waals surface area contributed by atoms with Gasteiger partial charge < -0.3 is 14.4 Å². The Labute approximate surface area is 137 Å². The molecule has 2 unspecified atom stereocenters. The van der Waals surface area contributed by atoms with E-state index in [0.717, 1.165) is 24.8 Å². The van der Waals surface area contributed by atoms with Crippen LogP contribution >= 0.6 is 0 Å². The molecular weight excluding hydrogens is 294 g/mol. The zero-order chi connectivity index (χ0) is 16.8. The van der Waals surface area contributed by atoms with Crippen molar-refractivity contribution in [3.63, 3.8) is 0 Å². The number of amides is 1. The van der Waals surface area contributed by atoms with Crippen LogP contribution < -0.4 is 0 Å². The SMILES string of the molecule is COCc1cccc(C(=O)OCC(=O)N2C(C)CCCC2C)c1. The van der Waals surface area contributed by atoms with Gasteiger partial charge in [-0.05, 0) is 50.8 Å². The Morgan fingerprint density at radius 3 is 2.57 bits per heavy atom. The lowest BCUT2D eigenvalue weighted by Gasteiger charge is -2.38. The molecule has 23 heavy (non-hydrogen) atoms. The molecule has 1 saturated heterocycles. The van der Waals surface area contributed by atoms with E-state index in [4.69, 9.17) is 9.47 Å². The highest BCUT2D eigenvalue weighted by Crippen LogP contribution is 2.22. The molecule has 0 aromatic heterocycles. The molecule has 5 nitrogen and oxygen atoms in total. The third kappa shape index (κ3) is 4.55. The van der Waals surface area contributed by atoms with Gasteiger partial charge in [-0.25, -0.2) is 4.79 Å². The van der Waals surface area contributed by atoms with Crippen LogP contribution in [0.4, 0.5) is 0 Å². The van der Waals surface area contributed by atoms with Crippen molar-refractivity contribution in [3.8, 4) is 0 Å². The van der Waals surface area contributed by atoms with Gasteiger partial charge in [0, 0.05) is 19.2 Å². The first-order valence-electron chi connectivity index (χ1n) is 8.09. The van der Waals surface area contributed by atoms with Gasteiger partial charge in [0.15, 0.2) is 6.61 Å². The number of hydrogen-bond acceptors (Lipinski definition) is 4. The molecule has 0 bridgehead atoms. The topological polar surface area (TPSA) is 55.8 Å². The summed E-state index contributed by atoms with van der Waals surface area (Å²) >= 11 is 0.